The molecule has 1 aromatic rings. The molecule has 0 spiro atoms. The van der Waals surface area contributed by atoms with Crippen LogP contribution in [0.25, 0.3) is 0 Å². The molecule has 1 atom stereocenters. The highest BCUT2D eigenvalue weighted by atomic mass is 79.9. The summed E-state index contributed by atoms with van der Waals surface area (Å²) in [5.41, 5.74) is -2.29. The van der Waals surface area contributed by atoms with Gasteiger partial charge in [-0.2, -0.15) is 0 Å². The van der Waals surface area contributed by atoms with Crippen LogP contribution in [0.4, 0.5) is 8.78 Å². The largest absolute Gasteiger partial charge is 0.377 e. The Hall–Kier alpha value is -0.620. The molecule has 1 aromatic heterocycles. The van der Waals surface area contributed by atoms with Crippen LogP contribution in [0.1, 0.15) is 12.7 Å². The first kappa shape index (κ1) is 10.5. The Morgan fingerprint density at radius 1 is 1.46 bits per heavy atom. The van der Waals surface area contributed by atoms with Gasteiger partial charge in [-0.15, -0.1) is 0 Å². The van der Waals surface area contributed by atoms with Gasteiger partial charge in [0.2, 0.25) is 0 Å². The van der Waals surface area contributed by atoms with E-state index in [9.17, 15) is 13.9 Å². The molecule has 3 nitrogen and oxygen atoms in total. The zero-order valence-corrected chi connectivity index (χ0v) is 8.29. The van der Waals surface area contributed by atoms with Crippen molar-refractivity contribution in [3.63, 3.8) is 0 Å². The molecule has 0 aliphatic heterocycles. The lowest BCUT2D eigenvalue weighted by atomic mass is 10.1. The lowest BCUT2D eigenvalue weighted by Crippen LogP contribution is -2.32. The van der Waals surface area contributed by atoms with Gasteiger partial charge >= 0.3 is 0 Å². The molecule has 1 N–H and O–H groups in total. The molecule has 1 heterocycles. The van der Waals surface area contributed by atoms with Crippen molar-refractivity contribution in [3.05, 3.63) is 22.7 Å². The summed E-state index contributed by atoms with van der Waals surface area (Å²) in [4.78, 5) is 7.17. The van der Waals surface area contributed by atoms with Gasteiger partial charge in [0.05, 0.1) is 4.47 Å². The molecule has 1 rings (SSSR count). The van der Waals surface area contributed by atoms with Crippen LogP contribution in [0.15, 0.2) is 16.9 Å². The van der Waals surface area contributed by atoms with Gasteiger partial charge in [0.1, 0.15) is 0 Å². The van der Waals surface area contributed by atoms with Gasteiger partial charge in [0.25, 0.3) is 6.43 Å². The first-order chi connectivity index (χ1) is 5.94. The molecule has 0 saturated carbocycles. The van der Waals surface area contributed by atoms with E-state index >= 15 is 0 Å². The summed E-state index contributed by atoms with van der Waals surface area (Å²) in [6.07, 6.45) is -0.299. The summed E-state index contributed by atoms with van der Waals surface area (Å²) in [6.45, 7) is 0.973. The predicted molar refractivity (Wildman–Crippen MR) is 45.3 cm³/mol. The average molecular weight is 253 g/mol. The number of alkyl halides is 2. The van der Waals surface area contributed by atoms with Crippen LogP contribution in [0.5, 0.6) is 0 Å². The molecular formula is C7H7BrF2N2O. The fraction of sp³-hybridized carbons (Fsp3) is 0.429. The third kappa shape index (κ3) is 2.19. The van der Waals surface area contributed by atoms with Crippen molar-refractivity contribution in [2.45, 2.75) is 19.0 Å². The first-order valence-corrected chi connectivity index (χ1v) is 4.22. The minimum atomic E-state index is -2.91. The second-order valence-electron chi connectivity index (χ2n) is 2.67. The highest BCUT2D eigenvalue weighted by molar-refractivity contribution is 9.10. The predicted octanol–water partition coefficient (Wildman–Crippen LogP) is 1.71. The van der Waals surface area contributed by atoms with Gasteiger partial charge in [0, 0.05) is 12.4 Å². The van der Waals surface area contributed by atoms with Crippen molar-refractivity contribution in [1.29, 1.82) is 0 Å². The minimum absolute atomic E-state index is 0.286. The first-order valence-electron chi connectivity index (χ1n) is 3.43. The summed E-state index contributed by atoms with van der Waals surface area (Å²) in [5, 5.41) is 9.26. The molecule has 0 radical (unpaired) electrons. The lowest BCUT2D eigenvalue weighted by molar-refractivity contribution is -0.0940. The van der Waals surface area contributed by atoms with E-state index in [1.165, 1.54) is 12.4 Å². The summed E-state index contributed by atoms with van der Waals surface area (Å²) < 4.78 is 25.1. The third-order valence-electron chi connectivity index (χ3n) is 1.50. The van der Waals surface area contributed by atoms with Gasteiger partial charge in [-0.1, -0.05) is 0 Å². The third-order valence-corrected chi connectivity index (χ3v) is 1.91. The van der Waals surface area contributed by atoms with Gasteiger partial charge in [-0.25, -0.2) is 18.7 Å². The highest BCUT2D eigenvalue weighted by Gasteiger charge is 2.37. The molecule has 0 aliphatic rings. The summed E-state index contributed by atoms with van der Waals surface area (Å²) in [6, 6.07) is 0. The maximum atomic E-state index is 12.3. The number of rotatable bonds is 2. The van der Waals surface area contributed by atoms with Gasteiger partial charge in [-0.05, 0) is 22.9 Å². The van der Waals surface area contributed by atoms with Crippen LogP contribution >= 0.6 is 15.9 Å². The molecule has 6 heteroatoms. The number of halogens is 3. The summed E-state index contributed by atoms with van der Waals surface area (Å²) in [7, 11) is 0. The highest BCUT2D eigenvalue weighted by Crippen LogP contribution is 2.24. The van der Waals surface area contributed by atoms with Gasteiger partial charge in [-0.3, -0.25) is 0 Å². The van der Waals surface area contributed by atoms with E-state index in [1.807, 2.05) is 0 Å². The number of hydrogen-bond donors (Lipinski definition) is 1. The van der Waals surface area contributed by atoms with E-state index < -0.39 is 12.0 Å². The standard InChI is InChI=1S/C7H7BrF2N2O/c1-7(13,5(9)10)6-11-2-4(8)3-12-6/h2-3,5,13H,1H3. The number of nitrogens with zero attached hydrogens (tertiary/aromatic N) is 2. The van der Waals surface area contributed by atoms with E-state index in [1.54, 1.807) is 0 Å². The Morgan fingerprint density at radius 3 is 2.31 bits per heavy atom. The summed E-state index contributed by atoms with van der Waals surface area (Å²) in [5.74, 6) is -0.286. The number of aromatic nitrogens is 2. The lowest BCUT2D eigenvalue weighted by Gasteiger charge is -2.19. The van der Waals surface area contributed by atoms with Crippen LogP contribution in [-0.2, 0) is 5.60 Å². The van der Waals surface area contributed by atoms with E-state index in [0.717, 1.165) is 6.92 Å². The Labute approximate surface area is 82.0 Å². The Kier molecular flexibility index (Phi) is 2.92. The van der Waals surface area contributed by atoms with E-state index in [4.69, 9.17) is 0 Å². The van der Waals surface area contributed by atoms with Crippen LogP contribution in [0, 0.1) is 0 Å². The number of aliphatic hydroxyl groups is 1. The average Bonchev–Trinajstić information content (AvgIpc) is 2.04. The second kappa shape index (κ2) is 3.63. The monoisotopic (exact) mass is 252 g/mol. The van der Waals surface area contributed by atoms with Crippen LogP contribution in [-0.4, -0.2) is 21.5 Å². The summed E-state index contributed by atoms with van der Waals surface area (Å²) >= 11 is 3.06. The van der Waals surface area contributed by atoms with E-state index in [2.05, 4.69) is 25.9 Å². The van der Waals surface area contributed by atoms with Crippen molar-refractivity contribution >= 4 is 15.9 Å². The quantitative estimate of drug-likeness (QED) is 0.872. The smallest absolute Gasteiger partial charge is 0.273 e. The molecule has 0 fully saturated rings. The van der Waals surface area contributed by atoms with Crippen molar-refractivity contribution in [2.75, 3.05) is 0 Å². The van der Waals surface area contributed by atoms with E-state index in [0.29, 0.717) is 4.47 Å². The SMILES string of the molecule is CC(O)(c1ncc(Br)cn1)C(F)F. The van der Waals surface area contributed by atoms with Crippen LogP contribution < -0.4 is 0 Å². The van der Waals surface area contributed by atoms with Crippen LogP contribution in [0.2, 0.25) is 0 Å². The van der Waals surface area contributed by atoms with Crippen LogP contribution in [0.3, 0.4) is 0 Å². The molecule has 0 saturated heterocycles. The molecule has 0 amide bonds. The van der Waals surface area contributed by atoms with Gasteiger partial charge < -0.3 is 5.11 Å². The van der Waals surface area contributed by atoms with Crippen molar-refractivity contribution in [3.8, 4) is 0 Å². The Bertz CT molecular complexity index is 289. The Morgan fingerprint density at radius 2 is 1.92 bits per heavy atom. The maximum absolute atomic E-state index is 12.3. The molecule has 0 bridgehead atoms. The van der Waals surface area contributed by atoms with Crippen molar-refractivity contribution in [2.24, 2.45) is 0 Å². The molecule has 0 aromatic carbocycles. The molecular weight excluding hydrogens is 246 g/mol. The Balaban J connectivity index is 3.01. The molecule has 0 aliphatic carbocycles. The van der Waals surface area contributed by atoms with Gasteiger partial charge in [0.15, 0.2) is 11.4 Å². The zero-order valence-electron chi connectivity index (χ0n) is 6.71. The van der Waals surface area contributed by atoms with E-state index in [-0.39, 0.29) is 5.82 Å². The molecule has 13 heavy (non-hydrogen) atoms. The maximum Gasteiger partial charge on any atom is 0.273 e. The zero-order chi connectivity index (χ0) is 10.1. The second-order valence-corrected chi connectivity index (χ2v) is 3.59. The molecule has 72 valence electrons. The normalized spacial score (nSPS) is 15.8. The fourth-order valence-electron chi connectivity index (χ4n) is 0.671. The minimum Gasteiger partial charge on any atom is -0.377 e. The molecule has 1 unspecified atom stereocenters. The topological polar surface area (TPSA) is 46.0 Å². The fourth-order valence-corrected chi connectivity index (χ4v) is 0.876. The number of hydrogen-bond acceptors (Lipinski definition) is 3. The van der Waals surface area contributed by atoms with Crippen molar-refractivity contribution in [1.82, 2.24) is 9.97 Å². The van der Waals surface area contributed by atoms with Crippen molar-refractivity contribution < 1.29 is 13.9 Å².